The molecule has 5 nitrogen and oxygen atoms in total. The van der Waals surface area contributed by atoms with E-state index in [1.807, 2.05) is 12.1 Å². The van der Waals surface area contributed by atoms with Crippen molar-refractivity contribution in [1.29, 1.82) is 0 Å². The van der Waals surface area contributed by atoms with Gasteiger partial charge in [0.15, 0.2) is 0 Å². The van der Waals surface area contributed by atoms with E-state index >= 15 is 0 Å². The minimum absolute atomic E-state index is 0.223. The average molecular weight is 423 g/mol. The van der Waals surface area contributed by atoms with E-state index < -0.39 is 0 Å². The number of anilines is 1. The van der Waals surface area contributed by atoms with Gasteiger partial charge < -0.3 is 5.32 Å². The second kappa shape index (κ2) is 8.11. The van der Waals surface area contributed by atoms with E-state index in [0.717, 1.165) is 4.90 Å². The molecule has 0 aromatic heterocycles. The highest BCUT2D eigenvalue weighted by Crippen LogP contribution is 2.27. The molecule has 3 aromatic rings. The predicted molar refractivity (Wildman–Crippen MR) is 114 cm³/mol. The molecule has 7 heteroatoms. The first-order valence-corrected chi connectivity index (χ1v) is 10.1. The van der Waals surface area contributed by atoms with Crippen LogP contribution in [0.4, 0.5) is 5.69 Å². The molecule has 1 N–H and O–H groups in total. The Morgan fingerprint density at radius 2 is 1.55 bits per heavy atom. The van der Waals surface area contributed by atoms with Gasteiger partial charge in [-0.1, -0.05) is 29.8 Å². The fourth-order valence-corrected chi connectivity index (χ4v) is 3.99. The molecule has 0 radical (unpaired) electrons. The zero-order chi connectivity index (χ0) is 20.4. The van der Waals surface area contributed by atoms with Crippen LogP contribution < -0.4 is 5.32 Å². The maximum absolute atomic E-state index is 12.4. The summed E-state index contributed by atoms with van der Waals surface area (Å²) in [5, 5.41) is 3.31. The van der Waals surface area contributed by atoms with E-state index in [-0.39, 0.29) is 23.6 Å². The summed E-state index contributed by atoms with van der Waals surface area (Å²) >= 11 is 7.29. The highest BCUT2D eigenvalue weighted by atomic mass is 35.5. The van der Waals surface area contributed by atoms with Gasteiger partial charge in [-0.05, 0) is 54.6 Å². The number of rotatable bonds is 5. The summed E-state index contributed by atoms with van der Waals surface area (Å²) in [6.07, 6.45) is 0. The Bertz CT molecular complexity index is 1080. The van der Waals surface area contributed by atoms with Crippen LogP contribution in [-0.4, -0.2) is 28.5 Å². The highest BCUT2D eigenvalue weighted by Gasteiger charge is 2.34. The molecule has 0 saturated heterocycles. The van der Waals surface area contributed by atoms with Crippen LogP contribution in [0.2, 0.25) is 5.02 Å². The van der Waals surface area contributed by atoms with Crippen molar-refractivity contribution < 1.29 is 14.4 Å². The third kappa shape index (κ3) is 4.04. The second-order valence-corrected chi connectivity index (χ2v) is 7.80. The maximum atomic E-state index is 12.4. The molecule has 0 spiro atoms. The molecule has 0 saturated carbocycles. The van der Waals surface area contributed by atoms with Gasteiger partial charge in [0, 0.05) is 21.2 Å². The van der Waals surface area contributed by atoms with Crippen molar-refractivity contribution in [3.8, 4) is 0 Å². The molecule has 3 amide bonds. The van der Waals surface area contributed by atoms with Gasteiger partial charge in [-0.2, -0.15) is 0 Å². The topological polar surface area (TPSA) is 66.5 Å². The van der Waals surface area contributed by atoms with Crippen LogP contribution >= 0.6 is 23.4 Å². The van der Waals surface area contributed by atoms with E-state index in [1.165, 1.54) is 16.7 Å². The lowest BCUT2D eigenvalue weighted by Crippen LogP contribution is -2.29. The van der Waals surface area contributed by atoms with Gasteiger partial charge in [-0.3, -0.25) is 19.3 Å². The number of fused-ring (bicyclic) bond motifs is 1. The van der Waals surface area contributed by atoms with Crippen molar-refractivity contribution in [1.82, 2.24) is 4.90 Å². The summed E-state index contributed by atoms with van der Waals surface area (Å²) in [6.45, 7) is 0. The second-order valence-electron chi connectivity index (χ2n) is 6.35. The van der Waals surface area contributed by atoms with Crippen molar-refractivity contribution in [3.05, 3.63) is 94.5 Å². The first-order valence-electron chi connectivity index (χ1n) is 8.78. The molecule has 0 aliphatic carbocycles. The van der Waals surface area contributed by atoms with Crippen LogP contribution in [0.5, 0.6) is 0 Å². The van der Waals surface area contributed by atoms with Crippen molar-refractivity contribution in [2.24, 2.45) is 0 Å². The minimum atomic E-state index is -0.275. The molecule has 0 unspecified atom stereocenters. The molecule has 4 rings (SSSR count). The number of carbonyl (C=O) groups excluding carboxylic acids is 3. The summed E-state index contributed by atoms with van der Waals surface area (Å²) in [7, 11) is 0. The molecule has 1 aliphatic rings. The van der Waals surface area contributed by atoms with E-state index in [4.69, 9.17) is 11.6 Å². The molecule has 144 valence electrons. The number of imide groups is 1. The molecule has 1 heterocycles. The van der Waals surface area contributed by atoms with Crippen molar-refractivity contribution in [3.63, 3.8) is 0 Å². The van der Waals surface area contributed by atoms with Crippen molar-refractivity contribution in [2.75, 3.05) is 11.2 Å². The molecule has 3 aromatic carbocycles. The number of hydrogen-bond acceptors (Lipinski definition) is 4. The SMILES string of the molecule is O=C(Nc1ccc(SCN2C(=O)c3ccccc3C2=O)cc1)c1cccc(Cl)c1. The molecule has 0 fully saturated rings. The lowest BCUT2D eigenvalue weighted by Gasteiger charge is -2.13. The van der Waals surface area contributed by atoms with Crippen molar-refractivity contribution >= 4 is 46.8 Å². The van der Waals surface area contributed by atoms with Crippen LogP contribution in [0, 0.1) is 0 Å². The highest BCUT2D eigenvalue weighted by molar-refractivity contribution is 7.99. The third-order valence-electron chi connectivity index (χ3n) is 4.44. The Morgan fingerprint density at radius 1 is 0.897 bits per heavy atom. The number of amides is 3. The first kappa shape index (κ1) is 19.2. The third-order valence-corrected chi connectivity index (χ3v) is 5.67. The van der Waals surface area contributed by atoms with Gasteiger partial charge in [0.05, 0.1) is 17.0 Å². The normalized spacial score (nSPS) is 12.8. The van der Waals surface area contributed by atoms with Gasteiger partial charge >= 0.3 is 0 Å². The standard InChI is InChI=1S/C22H15ClN2O3S/c23-15-5-3-4-14(12-15)20(26)24-16-8-10-17(11-9-16)29-13-25-21(27)18-6-1-2-7-19(18)22(25)28/h1-12H,13H2,(H,24,26). The van der Waals surface area contributed by atoms with E-state index in [2.05, 4.69) is 5.32 Å². The fraction of sp³-hybridized carbons (Fsp3) is 0.0455. The number of hydrogen-bond donors (Lipinski definition) is 1. The number of thioether (sulfide) groups is 1. The molecular formula is C22H15ClN2O3S. The molecule has 29 heavy (non-hydrogen) atoms. The quantitative estimate of drug-likeness (QED) is 0.467. The Kier molecular flexibility index (Phi) is 5.38. The van der Waals surface area contributed by atoms with Crippen LogP contribution in [0.25, 0.3) is 0 Å². The summed E-state index contributed by atoms with van der Waals surface area (Å²) in [4.78, 5) is 39.2. The number of nitrogens with zero attached hydrogens (tertiary/aromatic N) is 1. The Balaban J connectivity index is 1.37. The van der Waals surface area contributed by atoms with E-state index in [1.54, 1.807) is 60.7 Å². The maximum Gasteiger partial charge on any atom is 0.262 e. The Labute approximate surface area is 176 Å². The van der Waals surface area contributed by atoms with Gasteiger partial charge in [0.1, 0.15) is 0 Å². The largest absolute Gasteiger partial charge is 0.322 e. The average Bonchev–Trinajstić information content (AvgIpc) is 2.98. The Morgan fingerprint density at radius 3 is 2.17 bits per heavy atom. The zero-order valence-electron chi connectivity index (χ0n) is 15.1. The monoisotopic (exact) mass is 422 g/mol. The summed E-state index contributed by atoms with van der Waals surface area (Å²) in [5.74, 6) is -0.577. The number of halogens is 1. The Hall–Kier alpha value is -3.09. The zero-order valence-corrected chi connectivity index (χ0v) is 16.7. The first-order chi connectivity index (χ1) is 14.0. The molecule has 0 bridgehead atoms. The summed E-state index contributed by atoms with van der Waals surface area (Å²) < 4.78 is 0. The number of carbonyl (C=O) groups is 3. The minimum Gasteiger partial charge on any atom is -0.322 e. The number of nitrogens with one attached hydrogen (secondary N) is 1. The summed E-state index contributed by atoms with van der Waals surface area (Å²) in [6, 6.07) is 20.7. The smallest absolute Gasteiger partial charge is 0.262 e. The summed E-state index contributed by atoms with van der Waals surface area (Å²) in [5.41, 5.74) is 2.00. The molecule has 0 atom stereocenters. The lowest BCUT2D eigenvalue weighted by molar-refractivity contribution is 0.0683. The lowest BCUT2D eigenvalue weighted by atomic mass is 10.1. The van der Waals surface area contributed by atoms with E-state index in [9.17, 15) is 14.4 Å². The number of benzene rings is 3. The van der Waals surface area contributed by atoms with Crippen LogP contribution in [0.3, 0.4) is 0 Å². The van der Waals surface area contributed by atoms with Gasteiger partial charge in [-0.25, -0.2) is 0 Å². The predicted octanol–water partition coefficient (Wildman–Crippen LogP) is 4.94. The van der Waals surface area contributed by atoms with Crippen LogP contribution in [0.15, 0.2) is 77.7 Å². The van der Waals surface area contributed by atoms with Crippen LogP contribution in [0.1, 0.15) is 31.1 Å². The van der Waals surface area contributed by atoms with Crippen LogP contribution in [-0.2, 0) is 0 Å². The molecule has 1 aliphatic heterocycles. The van der Waals surface area contributed by atoms with Gasteiger partial charge in [0.25, 0.3) is 17.7 Å². The fourth-order valence-electron chi connectivity index (χ4n) is 2.96. The van der Waals surface area contributed by atoms with Gasteiger partial charge in [0.2, 0.25) is 0 Å². The molecular weight excluding hydrogens is 408 g/mol. The van der Waals surface area contributed by atoms with E-state index in [0.29, 0.717) is 27.4 Å². The van der Waals surface area contributed by atoms with Crippen molar-refractivity contribution in [2.45, 2.75) is 4.90 Å². The van der Waals surface area contributed by atoms with Gasteiger partial charge in [-0.15, -0.1) is 11.8 Å².